The molecule has 0 saturated heterocycles. The van der Waals surface area contributed by atoms with E-state index in [1.807, 2.05) is 25.1 Å². The molecule has 0 atom stereocenters. The molecule has 8 heteroatoms. The third kappa shape index (κ3) is 4.23. The Morgan fingerprint density at radius 3 is 2.60 bits per heavy atom. The average molecular weight is 426 g/mol. The maximum atomic E-state index is 12.5. The molecule has 1 aliphatic rings. The van der Waals surface area contributed by atoms with Crippen molar-refractivity contribution < 1.29 is 23.7 Å². The maximum absolute atomic E-state index is 12.5. The molecule has 1 aromatic heterocycles. The highest BCUT2D eigenvalue weighted by atomic mass is 32.2. The maximum Gasteiger partial charge on any atom is 0.234 e. The van der Waals surface area contributed by atoms with Crippen LogP contribution in [-0.2, 0) is 4.79 Å². The number of ether oxygens (including phenoxy) is 4. The topological polar surface area (TPSA) is 78.9 Å². The van der Waals surface area contributed by atoms with Gasteiger partial charge in [0.25, 0.3) is 0 Å². The second kappa shape index (κ2) is 8.71. The summed E-state index contributed by atoms with van der Waals surface area (Å²) >= 11 is 1.38. The summed E-state index contributed by atoms with van der Waals surface area (Å²) < 4.78 is 21.8. The molecular formula is C22H22N2O5S. The number of aromatic nitrogens is 1. The first-order chi connectivity index (χ1) is 14.6. The number of aryl methyl sites for hydroxylation is 1. The third-order valence-electron chi connectivity index (χ3n) is 4.64. The van der Waals surface area contributed by atoms with Crippen molar-refractivity contribution in [2.45, 2.75) is 11.9 Å². The van der Waals surface area contributed by atoms with Crippen LogP contribution in [0.3, 0.4) is 0 Å². The van der Waals surface area contributed by atoms with Gasteiger partial charge in [0.1, 0.15) is 29.7 Å². The summed E-state index contributed by atoms with van der Waals surface area (Å²) in [6.07, 6.45) is 0. The monoisotopic (exact) mass is 426 g/mol. The highest BCUT2D eigenvalue weighted by Gasteiger charge is 2.16. The number of hydrogen-bond acceptors (Lipinski definition) is 7. The van der Waals surface area contributed by atoms with Crippen LogP contribution < -0.4 is 24.3 Å². The van der Waals surface area contributed by atoms with Crippen molar-refractivity contribution in [3.8, 4) is 23.0 Å². The Hall–Kier alpha value is -3.13. The molecule has 156 valence electrons. The van der Waals surface area contributed by atoms with E-state index in [1.165, 1.54) is 11.8 Å². The van der Waals surface area contributed by atoms with E-state index in [1.54, 1.807) is 32.4 Å². The van der Waals surface area contributed by atoms with E-state index >= 15 is 0 Å². The lowest BCUT2D eigenvalue weighted by molar-refractivity contribution is -0.113. The average Bonchev–Trinajstić information content (AvgIpc) is 2.76. The van der Waals surface area contributed by atoms with Gasteiger partial charge in [-0.1, -0.05) is 11.8 Å². The Morgan fingerprint density at radius 2 is 1.87 bits per heavy atom. The van der Waals surface area contributed by atoms with Gasteiger partial charge in [0.2, 0.25) is 5.91 Å². The van der Waals surface area contributed by atoms with Crippen LogP contribution in [0.4, 0.5) is 5.69 Å². The van der Waals surface area contributed by atoms with Crippen molar-refractivity contribution in [1.29, 1.82) is 0 Å². The van der Waals surface area contributed by atoms with Crippen molar-refractivity contribution >= 4 is 34.3 Å². The molecule has 0 fully saturated rings. The minimum absolute atomic E-state index is 0.157. The number of carbonyl (C=O) groups excluding carboxylic acids is 1. The summed E-state index contributed by atoms with van der Waals surface area (Å²) in [4.78, 5) is 17.3. The highest BCUT2D eigenvalue weighted by Crippen LogP contribution is 2.36. The lowest BCUT2D eigenvalue weighted by Crippen LogP contribution is -2.15. The molecule has 0 saturated carbocycles. The minimum Gasteiger partial charge on any atom is -0.497 e. The number of hydrogen-bond donors (Lipinski definition) is 1. The van der Waals surface area contributed by atoms with Gasteiger partial charge in [0.05, 0.1) is 31.2 Å². The number of carbonyl (C=O) groups is 1. The van der Waals surface area contributed by atoms with Gasteiger partial charge in [-0.2, -0.15) is 0 Å². The number of anilines is 1. The molecule has 2 heterocycles. The molecule has 1 aliphatic heterocycles. The summed E-state index contributed by atoms with van der Waals surface area (Å²) in [5.74, 6) is 2.70. The normalized spacial score (nSPS) is 12.5. The summed E-state index contributed by atoms with van der Waals surface area (Å²) in [5.41, 5.74) is 2.37. The van der Waals surface area contributed by atoms with Crippen LogP contribution >= 0.6 is 11.8 Å². The molecule has 1 amide bonds. The number of nitrogens with zero attached hydrogens (tertiary/aromatic N) is 1. The van der Waals surface area contributed by atoms with Crippen molar-refractivity contribution in [2.24, 2.45) is 0 Å². The van der Waals surface area contributed by atoms with Crippen LogP contribution in [0.2, 0.25) is 0 Å². The SMILES string of the molecule is COc1ccc(OC)c(NC(=O)CSc2nc3cc4c(cc3cc2C)OCCO4)c1. The quantitative estimate of drug-likeness (QED) is 0.596. The predicted octanol–water partition coefficient (Wildman–Crippen LogP) is 4.06. The number of methoxy groups -OCH3 is 2. The Balaban J connectivity index is 1.49. The molecule has 3 aromatic rings. The fraction of sp³-hybridized carbons (Fsp3) is 0.273. The zero-order valence-electron chi connectivity index (χ0n) is 17.0. The van der Waals surface area contributed by atoms with Crippen LogP contribution in [0.5, 0.6) is 23.0 Å². The van der Waals surface area contributed by atoms with E-state index in [4.69, 9.17) is 23.9 Å². The Morgan fingerprint density at radius 1 is 1.10 bits per heavy atom. The zero-order valence-corrected chi connectivity index (χ0v) is 17.8. The summed E-state index contributed by atoms with van der Waals surface area (Å²) in [6.45, 7) is 3.06. The predicted molar refractivity (Wildman–Crippen MR) is 116 cm³/mol. The molecule has 0 unspecified atom stereocenters. The molecule has 2 aromatic carbocycles. The Labute approximate surface area is 178 Å². The summed E-state index contributed by atoms with van der Waals surface area (Å²) in [7, 11) is 3.13. The fourth-order valence-electron chi connectivity index (χ4n) is 3.18. The van der Waals surface area contributed by atoms with E-state index in [2.05, 4.69) is 5.32 Å². The Bertz CT molecular complexity index is 1100. The highest BCUT2D eigenvalue weighted by molar-refractivity contribution is 8.00. The molecule has 0 bridgehead atoms. The van der Waals surface area contributed by atoms with E-state index in [-0.39, 0.29) is 11.7 Å². The van der Waals surface area contributed by atoms with Crippen LogP contribution in [0, 0.1) is 6.92 Å². The lowest BCUT2D eigenvalue weighted by atomic mass is 10.1. The molecule has 0 spiro atoms. The molecule has 30 heavy (non-hydrogen) atoms. The van der Waals surface area contributed by atoms with Gasteiger partial charge < -0.3 is 24.3 Å². The van der Waals surface area contributed by atoms with Crippen molar-refractivity contribution in [3.63, 3.8) is 0 Å². The first-order valence-corrected chi connectivity index (χ1v) is 10.4. The number of nitrogens with one attached hydrogen (secondary N) is 1. The second-order valence-corrected chi connectivity index (χ2v) is 7.67. The molecule has 0 aliphatic carbocycles. The first-order valence-electron chi connectivity index (χ1n) is 9.43. The molecular weight excluding hydrogens is 404 g/mol. The standard InChI is InChI=1S/C22H22N2O5S/c1-13-8-14-9-19-20(29-7-6-28-19)11-16(14)24-22(13)30-12-21(25)23-17-10-15(26-2)4-5-18(17)27-3/h4-5,8-11H,6-7,12H2,1-3H3,(H,23,25). The number of thioether (sulfide) groups is 1. The van der Waals surface area contributed by atoms with Gasteiger partial charge >= 0.3 is 0 Å². The number of pyridine rings is 1. The first kappa shape index (κ1) is 20.2. The molecule has 4 rings (SSSR count). The van der Waals surface area contributed by atoms with Gasteiger partial charge in [-0.15, -0.1) is 0 Å². The summed E-state index contributed by atoms with van der Waals surface area (Å²) in [6, 6.07) is 11.1. The third-order valence-corrected chi connectivity index (χ3v) is 5.74. The lowest BCUT2D eigenvalue weighted by Gasteiger charge is -2.19. The second-order valence-electron chi connectivity index (χ2n) is 6.70. The Kier molecular flexibility index (Phi) is 5.85. The smallest absolute Gasteiger partial charge is 0.234 e. The van der Waals surface area contributed by atoms with Crippen LogP contribution in [-0.4, -0.2) is 44.1 Å². The van der Waals surface area contributed by atoms with Gasteiger partial charge in [-0.3, -0.25) is 4.79 Å². The van der Waals surface area contributed by atoms with Gasteiger partial charge in [0.15, 0.2) is 11.5 Å². The molecule has 1 N–H and O–H groups in total. The van der Waals surface area contributed by atoms with Crippen molar-refractivity contribution in [2.75, 3.05) is 38.5 Å². The number of amides is 1. The molecule has 0 radical (unpaired) electrons. The van der Waals surface area contributed by atoms with Gasteiger partial charge in [0, 0.05) is 17.5 Å². The van der Waals surface area contributed by atoms with Crippen molar-refractivity contribution in [3.05, 3.63) is 42.0 Å². The zero-order chi connectivity index (χ0) is 21.1. The number of rotatable bonds is 6. The summed E-state index contributed by atoms with van der Waals surface area (Å²) in [5, 5.41) is 4.65. The van der Waals surface area contributed by atoms with Crippen LogP contribution in [0.15, 0.2) is 41.4 Å². The van der Waals surface area contributed by atoms with Crippen LogP contribution in [0.25, 0.3) is 10.9 Å². The number of benzene rings is 2. The van der Waals surface area contributed by atoms with Gasteiger partial charge in [-0.05, 0) is 36.8 Å². The largest absolute Gasteiger partial charge is 0.497 e. The number of fused-ring (bicyclic) bond motifs is 2. The van der Waals surface area contributed by atoms with E-state index in [9.17, 15) is 4.79 Å². The van der Waals surface area contributed by atoms with Crippen molar-refractivity contribution in [1.82, 2.24) is 4.98 Å². The van der Waals surface area contributed by atoms with E-state index in [0.717, 1.165) is 27.2 Å². The van der Waals surface area contributed by atoms with Gasteiger partial charge in [-0.25, -0.2) is 4.98 Å². The van der Waals surface area contributed by atoms with Crippen LogP contribution in [0.1, 0.15) is 5.56 Å². The fourth-order valence-corrected chi connectivity index (χ4v) is 3.97. The molecule has 7 nitrogen and oxygen atoms in total. The minimum atomic E-state index is -0.157. The van der Waals surface area contributed by atoms with E-state index < -0.39 is 0 Å². The van der Waals surface area contributed by atoms with E-state index in [0.29, 0.717) is 36.1 Å².